The Hall–Kier alpha value is -5.26. The van der Waals surface area contributed by atoms with E-state index in [2.05, 4.69) is 91.0 Å². The summed E-state index contributed by atoms with van der Waals surface area (Å²) in [5, 5.41) is 24.6. The molecule has 0 amide bonds. The Labute approximate surface area is 250 Å². The summed E-state index contributed by atoms with van der Waals surface area (Å²) in [5.41, 5.74) is 7.51. The smallest absolute Gasteiger partial charge is 0.0998 e. The number of rotatable bonds is 3. The summed E-state index contributed by atoms with van der Waals surface area (Å²) in [4.78, 5) is 0. The molecule has 0 unspecified atom stereocenters. The van der Waals surface area contributed by atoms with Crippen molar-refractivity contribution < 1.29 is 0 Å². The van der Waals surface area contributed by atoms with Crippen molar-refractivity contribution in [3.8, 4) is 45.5 Å². The second-order valence-corrected chi connectivity index (χ2v) is 12.5. The molecule has 2 nitrogen and oxygen atoms in total. The third-order valence-electron chi connectivity index (χ3n) is 7.96. The van der Waals surface area contributed by atoms with Crippen LogP contribution in [0.25, 0.3) is 73.7 Å². The standard InChI is InChI=1S/C38H20N2S2/c39-21-23-10-13-36-32(16-23)34-18-25(11-15-38(34)42-36)30-19-27(22-40)29(24-6-2-1-3-7-24)20-31(30)26-12-14-37-33(17-26)28-8-4-5-9-35(28)41-37/h1-20H. The maximum absolute atomic E-state index is 10.3. The van der Waals surface area contributed by atoms with E-state index < -0.39 is 0 Å². The minimum atomic E-state index is 0.643. The number of hydrogen-bond acceptors (Lipinski definition) is 4. The van der Waals surface area contributed by atoms with Crippen LogP contribution in [0.4, 0.5) is 0 Å². The molecule has 4 heteroatoms. The molecule has 2 heterocycles. The van der Waals surface area contributed by atoms with Gasteiger partial charge >= 0.3 is 0 Å². The first-order valence-corrected chi connectivity index (χ1v) is 15.3. The molecule has 0 spiro atoms. The lowest BCUT2D eigenvalue weighted by atomic mass is 9.87. The topological polar surface area (TPSA) is 47.6 Å². The zero-order chi connectivity index (χ0) is 28.2. The highest BCUT2D eigenvalue weighted by atomic mass is 32.1. The Morgan fingerprint density at radius 2 is 0.976 bits per heavy atom. The molecule has 0 N–H and O–H groups in total. The summed E-state index contributed by atoms with van der Waals surface area (Å²) in [5.74, 6) is 0. The molecule has 194 valence electrons. The fourth-order valence-electron chi connectivity index (χ4n) is 5.93. The molecule has 0 aliphatic rings. The van der Waals surface area contributed by atoms with Crippen LogP contribution in [-0.2, 0) is 0 Å². The monoisotopic (exact) mass is 568 g/mol. The molecule has 8 rings (SSSR count). The Morgan fingerprint density at radius 1 is 0.405 bits per heavy atom. The van der Waals surface area contributed by atoms with E-state index >= 15 is 0 Å². The van der Waals surface area contributed by atoms with Crippen molar-refractivity contribution in [2.24, 2.45) is 0 Å². The van der Waals surface area contributed by atoms with Crippen molar-refractivity contribution in [3.63, 3.8) is 0 Å². The molecule has 0 aliphatic heterocycles. The summed E-state index contributed by atoms with van der Waals surface area (Å²) in [7, 11) is 0. The predicted octanol–water partition coefficient (Wildman–Crippen LogP) is 11.2. The molecule has 42 heavy (non-hydrogen) atoms. The van der Waals surface area contributed by atoms with Crippen molar-refractivity contribution in [2.75, 3.05) is 0 Å². The van der Waals surface area contributed by atoms with Crippen molar-refractivity contribution in [1.29, 1.82) is 10.5 Å². The fourth-order valence-corrected chi connectivity index (χ4v) is 8.09. The molecule has 0 saturated carbocycles. The summed E-state index contributed by atoms with van der Waals surface area (Å²) in [6, 6.07) is 46.8. The van der Waals surface area contributed by atoms with Crippen LogP contribution in [0.3, 0.4) is 0 Å². The van der Waals surface area contributed by atoms with E-state index in [0.717, 1.165) is 48.9 Å². The summed E-state index contributed by atoms with van der Waals surface area (Å²) >= 11 is 3.55. The van der Waals surface area contributed by atoms with Gasteiger partial charge in [0.1, 0.15) is 0 Å². The second-order valence-electron chi connectivity index (χ2n) is 10.4. The zero-order valence-electron chi connectivity index (χ0n) is 22.3. The average Bonchev–Trinajstić information content (AvgIpc) is 3.61. The highest BCUT2D eigenvalue weighted by Gasteiger charge is 2.17. The minimum absolute atomic E-state index is 0.643. The molecule has 0 radical (unpaired) electrons. The lowest BCUT2D eigenvalue weighted by Gasteiger charge is -2.15. The van der Waals surface area contributed by atoms with Gasteiger partial charge in [-0.15, -0.1) is 22.7 Å². The Kier molecular flexibility index (Phi) is 5.66. The van der Waals surface area contributed by atoms with Gasteiger partial charge in [0.2, 0.25) is 0 Å². The average molecular weight is 569 g/mol. The second kappa shape index (κ2) is 9.68. The number of nitriles is 2. The summed E-state index contributed by atoms with van der Waals surface area (Å²) in [6.45, 7) is 0. The molecule has 6 aromatic carbocycles. The highest BCUT2D eigenvalue weighted by molar-refractivity contribution is 7.26. The number of benzene rings is 6. The normalized spacial score (nSPS) is 11.3. The van der Waals surface area contributed by atoms with Gasteiger partial charge < -0.3 is 0 Å². The first-order valence-electron chi connectivity index (χ1n) is 13.6. The van der Waals surface area contributed by atoms with Gasteiger partial charge in [0.05, 0.1) is 23.3 Å². The van der Waals surface area contributed by atoms with Crippen molar-refractivity contribution >= 4 is 63.0 Å². The Balaban J connectivity index is 1.42. The van der Waals surface area contributed by atoms with Crippen LogP contribution in [0.1, 0.15) is 11.1 Å². The minimum Gasteiger partial charge on any atom is -0.192 e. The van der Waals surface area contributed by atoms with Crippen LogP contribution < -0.4 is 0 Å². The first kappa shape index (κ1) is 24.5. The number of hydrogen-bond donors (Lipinski definition) is 0. The van der Waals surface area contributed by atoms with Crippen LogP contribution in [0, 0.1) is 22.7 Å². The van der Waals surface area contributed by atoms with E-state index in [4.69, 9.17) is 0 Å². The van der Waals surface area contributed by atoms with Crippen LogP contribution in [0.5, 0.6) is 0 Å². The van der Waals surface area contributed by atoms with Gasteiger partial charge in [-0.3, -0.25) is 0 Å². The molecular weight excluding hydrogens is 549 g/mol. The number of fused-ring (bicyclic) bond motifs is 6. The Bertz CT molecular complexity index is 2430. The fraction of sp³-hybridized carbons (Fsp3) is 0. The van der Waals surface area contributed by atoms with Gasteiger partial charge in [0.25, 0.3) is 0 Å². The van der Waals surface area contributed by atoms with Crippen LogP contribution in [-0.4, -0.2) is 0 Å². The molecule has 0 bridgehead atoms. The number of nitrogens with zero attached hydrogens (tertiary/aromatic N) is 2. The van der Waals surface area contributed by atoms with Crippen LogP contribution >= 0.6 is 22.7 Å². The van der Waals surface area contributed by atoms with Gasteiger partial charge in [-0.05, 0) is 88.5 Å². The van der Waals surface area contributed by atoms with E-state index in [9.17, 15) is 10.5 Å². The van der Waals surface area contributed by atoms with Gasteiger partial charge in [-0.2, -0.15) is 10.5 Å². The first-order chi connectivity index (χ1) is 20.7. The zero-order valence-corrected chi connectivity index (χ0v) is 23.9. The van der Waals surface area contributed by atoms with E-state index in [0.29, 0.717) is 11.1 Å². The summed E-state index contributed by atoms with van der Waals surface area (Å²) < 4.78 is 4.88. The van der Waals surface area contributed by atoms with E-state index in [-0.39, 0.29) is 0 Å². The van der Waals surface area contributed by atoms with Gasteiger partial charge in [0, 0.05) is 45.9 Å². The van der Waals surface area contributed by atoms with Gasteiger partial charge in [-0.25, -0.2) is 0 Å². The molecule has 0 fully saturated rings. The molecule has 0 aliphatic carbocycles. The van der Waals surface area contributed by atoms with Gasteiger partial charge in [0.15, 0.2) is 0 Å². The van der Waals surface area contributed by atoms with Crippen molar-refractivity contribution in [1.82, 2.24) is 0 Å². The lowest BCUT2D eigenvalue weighted by molar-refractivity contribution is 1.47. The molecule has 0 saturated heterocycles. The quantitative estimate of drug-likeness (QED) is 0.213. The largest absolute Gasteiger partial charge is 0.192 e. The lowest BCUT2D eigenvalue weighted by Crippen LogP contribution is -1.92. The van der Waals surface area contributed by atoms with Crippen LogP contribution in [0.15, 0.2) is 121 Å². The summed E-state index contributed by atoms with van der Waals surface area (Å²) in [6.07, 6.45) is 0. The van der Waals surface area contributed by atoms with Gasteiger partial charge in [-0.1, -0.05) is 60.7 Å². The van der Waals surface area contributed by atoms with Crippen LogP contribution in [0.2, 0.25) is 0 Å². The van der Waals surface area contributed by atoms with E-state index in [1.165, 1.54) is 24.9 Å². The SMILES string of the molecule is N#Cc1ccc2sc3ccc(-c4cc(C#N)c(-c5ccccc5)cc4-c4ccc5sc6ccccc6c5c4)cc3c2c1. The predicted molar refractivity (Wildman–Crippen MR) is 178 cm³/mol. The molecule has 0 atom stereocenters. The third-order valence-corrected chi connectivity index (χ3v) is 10.3. The van der Waals surface area contributed by atoms with Crippen molar-refractivity contribution in [2.45, 2.75) is 0 Å². The molecular formula is C38H20N2S2. The Morgan fingerprint density at radius 3 is 1.67 bits per heavy atom. The van der Waals surface area contributed by atoms with Crippen molar-refractivity contribution in [3.05, 3.63) is 132 Å². The molecule has 2 aromatic heterocycles. The maximum Gasteiger partial charge on any atom is 0.0998 e. The number of thiophene rings is 2. The maximum atomic E-state index is 10.3. The molecule has 8 aromatic rings. The van der Waals surface area contributed by atoms with E-state index in [1.807, 2.05) is 53.8 Å². The third kappa shape index (κ3) is 3.90. The highest BCUT2D eigenvalue weighted by Crippen LogP contribution is 2.43. The van der Waals surface area contributed by atoms with E-state index in [1.54, 1.807) is 11.3 Å².